The van der Waals surface area contributed by atoms with Crippen LogP contribution in [0.1, 0.15) is 16.7 Å². The van der Waals surface area contributed by atoms with Gasteiger partial charge in [0.15, 0.2) is 0 Å². The van der Waals surface area contributed by atoms with Crippen LogP contribution in [0.15, 0.2) is 46.9 Å². The molecule has 0 aliphatic carbocycles. The molecule has 0 aromatic heterocycles. The van der Waals surface area contributed by atoms with E-state index < -0.39 is 0 Å². The van der Waals surface area contributed by atoms with Crippen LogP contribution in [-0.4, -0.2) is 0 Å². The molecule has 0 spiro atoms. The average molecular weight is 302 g/mol. The summed E-state index contributed by atoms with van der Waals surface area (Å²) < 4.78 is 6.76. The highest BCUT2D eigenvalue weighted by molar-refractivity contribution is 9.10. The van der Waals surface area contributed by atoms with Crippen LogP contribution < -0.4 is 4.74 Å². The summed E-state index contributed by atoms with van der Waals surface area (Å²) in [5.41, 5.74) is 2.69. The molecular formula is C15H12BrNO. The lowest BCUT2D eigenvalue weighted by atomic mass is 10.1. The number of halogens is 1. The minimum Gasteiger partial charge on any atom is -0.489 e. The van der Waals surface area contributed by atoms with E-state index >= 15 is 0 Å². The van der Waals surface area contributed by atoms with Gasteiger partial charge in [-0.2, -0.15) is 5.26 Å². The molecule has 2 aromatic carbocycles. The predicted molar refractivity (Wildman–Crippen MR) is 74.4 cm³/mol. The summed E-state index contributed by atoms with van der Waals surface area (Å²) in [6.45, 7) is 2.42. The quantitative estimate of drug-likeness (QED) is 0.851. The van der Waals surface area contributed by atoms with Gasteiger partial charge in [-0.15, -0.1) is 0 Å². The van der Waals surface area contributed by atoms with Gasteiger partial charge < -0.3 is 4.74 Å². The van der Waals surface area contributed by atoms with Crippen LogP contribution in [0.25, 0.3) is 0 Å². The van der Waals surface area contributed by atoms with E-state index in [1.165, 1.54) is 0 Å². The molecule has 2 nitrogen and oxygen atoms in total. The summed E-state index contributed by atoms with van der Waals surface area (Å²) in [5.74, 6) is 0.809. The minimum absolute atomic E-state index is 0.408. The van der Waals surface area contributed by atoms with Crippen molar-refractivity contribution in [2.45, 2.75) is 13.5 Å². The third-order valence-corrected chi connectivity index (χ3v) is 3.55. The first kappa shape index (κ1) is 12.7. The number of hydrogen-bond donors (Lipinski definition) is 0. The number of ether oxygens (including phenoxy) is 1. The van der Waals surface area contributed by atoms with Crippen molar-refractivity contribution in [2.75, 3.05) is 0 Å². The fourth-order valence-corrected chi connectivity index (χ4v) is 1.87. The molecule has 0 radical (unpaired) electrons. The van der Waals surface area contributed by atoms with Crippen LogP contribution in [0.5, 0.6) is 5.75 Å². The van der Waals surface area contributed by atoms with E-state index in [0.717, 1.165) is 21.3 Å². The van der Waals surface area contributed by atoms with Gasteiger partial charge in [-0.3, -0.25) is 0 Å². The Balaban J connectivity index is 2.12. The van der Waals surface area contributed by atoms with E-state index in [0.29, 0.717) is 12.2 Å². The third kappa shape index (κ3) is 2.91. The fourth-order valence-electron chi connectivity index (χ4n) is 1.62. The SMILES string of the molecule is Cc1cc(OCc2ccccc2C#N)ccc1Br. The summed E-state index contributed by atoms with van der Waals surface area (Å²) in [6, 6.07) is 15.5. The Morgan fingerprint density at radius 1 is 1.22 bits per heavy atom. The van der Waals surface area contributed by atoms with E-state index in [1.807, 2.05) is 43.3 Å². The van der Waals surface area contributed by atoms with E-state index in [1.54, 1.807) is 6.07 Å². The largest absolute Gasteiger partial charge is 0.489 e. The normalized spacial score (nSPS) is 9.83. The van der Waals surface area contributed by atoms with E-state index in [9.17, 15) is 0 Å². The molecule has 0 bridgehead atoms. The first-order valence-corrected chi connectivity index (χ1v) is 6.37. The molecule has 3 heteroatoms. The van der Waals surface area contributed by atoms with Gasteiger partial charge in [0.2, 0.25) is 0 Å². The molecule has 0 aliphatic rings. The van der Waals surface area contributed by atoms with Crippen LogP contribution in [0.3, 0.4) is 0 Å². The van der Waals surface area contributed by atoms with E-state index in [4.69, 9.17) is 10.00 Å². The maximum Gasteiger partial charge on any atom is 0.120 e. The molecule has 0 saturated carbocycles. The lowest BCUT2D eigenvalue weighted by Gasteiger charge is -2.08. The van der Waals surface area contributed by atoms with Gasteiger partial charge in [-0.05, 0) is 36.8 Å². The predicted octanol–water partition coefficient (Wildman–Crippen LogP) is 4.21. The van der Waals surface area contributed by atoms with Crippen LogP contribution in [-0.2, 0) is 6.61 Å². The molecule has 18 heavy (non-hydrogen) atoms. The highest BCUT2D eigenvalue weighted by Gasteiger charge is 2.03. The summed E-state index contributed by atoms with van der Waals surface area (Å²) in [5, 5.41) is 8.98. The van der Waals surface area contributed by atoms with Crippen molar-refractivity contribution in [2.24, 2.45) is 0 Å². The standard InChI is InChI=1S/C15H12BrNO/c1-11-8-14(6-7-15(11)16)18-10-13-5-3-2-4-12(13)9-17/h2-8H,10H2,1H3. The molecule has 0 aliphatic heterocycles. The number of benzene rings is 2. The first-order valence-electron chi connectivity index (χ1n) is 5.57. The Hall–Kier alpha value is -1.79. The summed E-state index contributed by atoms with van der Waals surface area (Å²) in [6.07, 6.45) is 0. The van der Waals surface area contributed by atoms with E-state index in [2.05, 4.69) is 22.0 Å². The highest BCUT2D eigenvalue weighted by atomic mass is 79.9. The number of rotatable bonds is 3. The molecule has 0 unspecified atom stereocenters. The van der Waals surface area contributed by atoms with Crippen molar-refractivity contribution in [3.63, 3.8) is 0 Å². The zero-order chi connectivity index (χ0) is 13.0. The van der Waals surface area contributed by atoms with Gasteiger partial charge >= 0.3 is 0 Å². The number of nitriles is 1. The smallest absolute Gasteiger partial charge is 0.120 e. The van der Waals surface area contributed by atoms with Crippen molar-refractivity contribution in [1.82, 2.24) is 0 Å². The molecule has 0 heterocycles. The summed E-state index contributed by atoms with van der Waals surface area (Å²) in [4.78, 5) is 0. The minimum atomic E-state index is 0.408. The van der Waals surface area contributed by atoms with Crippen molar-refractivity contribution in [3.8, 4) is 11.8 Å². The molecule has 90 valence electrons. The second-order valence-electron chi connectivity index (χ2n) is 3.97. The van der Waals surface area contributed by atoms with Gasteiger partial charge in [0.1, 0.15) is 12.4 Å². The Kier molecular flexibility index (Phi) is 4.01. The fraction of sp³-hybridized carbons (Fsp3) is 0.133. The number of aryl methyl sites for hydroxylation is 1. The van der Waals surface area contributed by atoms with Gasteiger partial charge in [-0.1, -0.05) is 34.1 Å². The molecule has 2 aromatic rings. The van der Waals surface area contributed by atoms with Crippen molar-refractivity contribution < 1.29 is 4.74 Å². The topological polar surface area (TPSA) is 33.0 Å². The monoisotopic (exact) mass is 301 g/mol. The number of hydrogen-bond acceptors (Lipinski definition) is 2. The van der Waals surface area contributed by atoms with E-state index in [-0.39, 0.29) is 0 Å². The molecule has 0 amide bonds. The van der Waals surface area contributed by atoms with Crippen molar-refractivity contribution >= 4 is 15.9 Å². The molecule has 0 fully saturated rings. The highest BCUT2D eigenvalue weighted by Crippen LogP contribution is 2.22. The lowest BCUT2D eigenvalue weighted by Crippen LogP contribution is -1.98. The zero-order valence-corrected chi connectivity index (χ0v) is 11.6. The van der Waals surface area contributed by atoms with Crippen LogP contribution in [0, 0.1) is 18.3 Å². The van der Waals surface area contributed by atoms with Gasteiger partial charge in [0.25, 0.3) is 0 Å². The van der Waals surface area contributed by atoms with Crippen LogP contribution in [0.2, 0.25) is 0 Å². The second-order valence-corrected chi connectivity index (χ2v) is 4.82. The van der Waals surface area contributed by atoms with Gasteiger partial charge in [0, 0.05) is 10.0 Å². The third-order valence-electron chi connectivity index (χ3n) is 2.66. The molecule has 0 N–H and O–H groups in total. The first-order chi connectivity index (χ1) is 8.70. The van der Waals surface area contributed by atoms with Crippen LogP contribution >= 0.6 is 15.9 Å². The molecular weight excluding hydrogens is 290 g/mol. The Labute approximate surface area is 115 Å². The Morgan fingerprint density at radius 2 is 2.00 bits per heavy atom. The van der Waals surface area contributed by atoms with Crippen molar-refractivity contribution in [3.05, 3.63) is 63.6 Å². The summed E-state index contributed by atoms with van der Waals surface area (Å²) >= 11 is 3.45. The number of nitrogens with zero attached hydrogens (tertiary/aromatic N) is 1. The Morgan fingerprint density at radius 3 is 2.72 bits per heavy atom. The maximum absolute atomic E-state index is 8.98. The zero-order valence-electron chi connectivity index (χ0n) is 9.98. The Bertz CT molecular complexity index is 602. The van der Waals surface area contributed by atoms with Crippen molar-refractivity contribution in [1.29, 1.82) is 5.26 Å². The van der Waals surface area contributed by atoms with Crippen LogP contribution in [0.4, 0.5) is 0 Å². The average Bonchev–Trinajstić information content (AvgIpc) is 2.40. The molecule has 0 saturated heterocycles. The lowest BCUT2D eigenvalue weighted by molar-refractivity contribution is 0.305. The molecule has 2 rings (SSSR count). The van der Waals surface area contributed by atoms with Gasteiger partial charge in [-0.25, -0.2) is 0 Å². The maximum atomic E-state index is 8.98. The summed E-state index contributed by atoms with van der Waals surface area (Å²) in [7, 11) is 0. The molecule has 0 atom stereocenters. The second kappa shape index (κ2) is 5.70. The van der Waals surface area contributed by atoms with Gasteiger partial charge in [0.05, 0.1) is 11.6 Å².